The number of thiol groups is 1. The standard InChI is InChI=1S/C11H21NOS/c1-8-4-3-5-10(7-6-8)12-11(13)9(2)14/h8-10,14H,3-7H2,1-2H3,(H,12,13). The van der Waals surface area contributed by atoms with Gasteiger partial charge in [-0.15, -0.1) is 0 Å². The average Bonchev–Trinajstić information content (AvgIpc) is 2.31. The molecule has 1 aliphatic carbocycles. The van der Waals surface area contributed by atoms with Gasteiger partial charge >= 0.3 is 0 Å². The van der Waals surface area contributed by atoms with Gasteiger partial charge in [-0.3, -0.25) is 4.79 Å². The van der Waals surface area contributed by atoms with E-state index in [0.717, 1.165) is 18.8 Å². The van der Waals surface area contributed by atoms with Crippen LogP contribution in [0.3, 0.4) is 0 Å². The summed E-state index contributed by atoms with van der Waals surface area (Å²) in [6.45, 7) is 4.11. The van der Waals surface area contributed by atoms with E-state index >= 15 is 0 Å². The summed E-state index contributed by atoms with van der Waals surface area (Å²) in [6.07, 6.45) is 6.06. The van der Waals surface area contributed by atoms with E-state index in [9.17, 15) is 4.79 Å². The zero-order valence-corrected chi connectivity index (χ0v) is 10.0. The molecule has 0 aromatic carbocycles. The van der Waals surface area contributed by atoms with E-state index in [-0.39, 0.29) is 11.2 Å². The van der Waals surface area contributed by atoms with Gasteiger partial charge in [0, 0.05) is 6.04 Å². The van der Waals surface area contributed by atoms with Crippen LogP contribution in [0.15, 0.2) is 0 Å². The van der Waals surface area contributed by atoms with Crippen LogP contribution >= 0.6 is 12.6 Å². The Hall–Kier alpha value is -0.180. The summed E-state index contributed by atoms with van der Waals surface area (Å²) >= 11 is 4.13. The first kappa shape index (κ1) is 11.9. The fraction of sp³-hybridized carbons (Fsp3) is 0.909. The minimum absolute atomic E-state index is 0.0767. The van der Waals surface area contributed by atoms with Crippen molar-refractivity contribution in [3.8, 4) is 0 Å². The summed E-state index contributed by atoms with van der Waals surface area (Å²) in [5, 5.41) is 2.88. The van der Waals surface area contributed by atoms with Gasteiger partial charge in [0.2, 0.25) is 5.91 Å². The smallest absolute Gasteiger partial charge is 0.232 e. The lowest BCUT2D eigenvalue weighted by Crippen LogP contribution is -2.38. The Balaban J connectivity index is 2.33. The van der Waals surface area contributed by atoms with E-state index in [0.29, 0.717) is 6.04 Å². The molecule has 1 fully saturated rings. The van der Waals surface area contributed by atoms with Crippen molar-refractivity contribution < 1.29 is 4.79 Å². The lowest BCUT2D eigenvalue weighted by molar-refractivity contribution is -0.121. The summed E-state index contributed by atoms with van der Waals surface area (Å²) in [4.78, 5) is 11.4. The SMILES string of the molecule is CC1CCCC(NC(=O)C(C)S)CC1. The maximum absolute atomic E-state index is 11.4. The highest BCUT2D eigenvalue weighted by atomic mass is 32.1. The largest absolute Gasteiger partial charge is 0.352 e. The van der Waals surface area contributed by atoms with Crippen LogP contribution in [0.4, 0.5) is 0 Å². The van der Waals surface area contributed by atoms with Crippen molar-refractivity contribution in [2.45, 2.75) is 57.2 Å². The number of carbonyl (C=O) groups is 1. The van der Waals surface area contributed by atoms with Gasteiger partial charge in [-0.05, 0) is 32.1 Å². The van der Waals surface area contributed by atoms with Crippen LogP contribution in [0.1, 0.15) is 46.0 Å². The first-order valence-corrected chi connectivity index (χ1v) is 6.09. The first-order valence-electron chi connectivity index (χ1n) is 5.58. The molecule has 3 heteroatoms. The van der Waals surface area contributed by atoms with Gasteiger partial charge in [0.1, 0.15) is 0 Å². The highest BCUT2D eigenvalue weighted by molar-refractivity contribution is 7.81. The molecule has 14 heavy (non-hydrogen) atoms. The van der Waals surface area contributed by atoms with E-state index in [2.05, 4.69) is 24.9 Å². The molecule has 0 spiro atoms. The van der Waals surface area contributed by atoms with E-state index in [1.165, 1.54) is 19.3 Å². The number of nitrogens with one attached hydrogen (secondary N) is 1. The molecule has 0 bridgehead atoms. The van der Waals surface area contributed by atoms with Gasteiger partial charge in [-0.1, -0.05) is 19.8 Å². The third kappa shape index (κ3) is 3.91. The Bertz CT molecular complexity index is 194. The zero-order chi connectivity index (χ0) is 10.6. The Kier molecular flexibility index (Phi) is 4.79. The van der Waals surface area contributed by atoms with E-state index in [1.54, 1.807) is 0 Å². The summed E-state index contributed by atoms with van der Waals surface area (Å²) in [7, 11) is 0. The minimum Gasteiger partial charge on any atom is -0.352 e. The van der Waals surface area contributed by atoms with Gasteiger partial charge in [-0.25, -0.2) is 0 Å². The lowest BCUT2D eigenvalue weighted by atomic mass is 10.0. The molecule has 0 aromatic heterocycles. The average molecular weight is 215 g/mol. The quantitative estimate of drug-likeness (QED) is 0.537. The van der Waals surface area contributed by atoms with Crippen LogP contribution in [-0.2, 0) is 4.79 Å². The number of hydrogen-bond acceptors (Lipinski definition) is 2. The highest BCUT2D eigenvalue weighted by Crippen LogP contribution is 2.22. The minimum atomic E-state index is -0.185. The Morgan fingerprint density at radius 1 is 1.36 bits per heavy atom. The van der Waals surface area contributed by atoms with Crippen LogP contribution in [0.25, 0.3) is 0 Å². The van der Waals surface area contributed by atoms with Crippen LogP contribution in [-0.4, -0.2) is 17.2 Å². The van der Waals surface area contributed by atoms with Crippen molar-refractivity contribution in [1.29, 1.82) is 0 Å². The molecular formula is C11H21NOS. The number of rotatable bonds is 2. The van der Waals surface area contributed by atoms with E-state index in [4.69, 9.17) is 0 Å². The van der Waals surface area contributed by atoms with Crippen LogP contribution < -0.4 is 5.32 Å². The van der Waals surface area contributed by atoms with Gasteiger partial charge in [-0.2, -0.15) is 12.6 Å². The summed E-state index contributed by atoms with van der Waals surface area (Å²) in [6, 6.07) is 0.391. The molecule has 1 N–H and O–H groups in total. The third-order valence-electron chi connectivity index (χ3n) is 2.98. The maximum Gasteiger partial charge on any atom is 0.232 e. The molecule has 1 amide bonds. The van der Waals surface area contributed by atoms with Crippen molar-refractivity contribution in [1.82, 2.24) is 5.32 Å². The first-order chi connectivity index (χ1) is 6.59. The Morgan fingerprint density at radius 3 is 2.71 bits per heavy atom. The second kappa shape index (κ2) is 5.64. The fourth-order valence-corrected chi connectivity index (χ4v) is 2.03. The van der Waals surface area contributed by atoms with Crippen molar-refractivity contribution in [3.05, 3.63) is 0 Å². The highest BCUT2D eigenvalue weighted by Gasteiger charge is 2.18. The number of carbonyl (C=O) groups excluding carboxylic acids is 1. The summed E-state index contributed by atoms with van der Waals surface area (Å²) in [5.74, 6) is 0.901. The molecule has 0 saturated heterocycles. The van der Waals surface area contributed by atoms with Gasteiger partial charge < -0.3 is 5.32 Å². The second-order valence-electron chi connectivity index (χ2n) is 4.49. The van der Waals surface area contributed by atoms with Crippen molar-refractivity contribution in [2.75, 3.05) is 0 Å². The Labute approximate surface area is 92.2 Å². The topological polar surface area (TPSA) is 29.1 Å². The predicted octanol–water partition coefficient (Wildman–Crippen LogP) is 2.39. The molecule has 3 atom stereocenters. The maximum atomic E-state index is 11.4. The monoisotopic (exact) mass is 215 g/mol. The van der Waals surface area contributed by atoms with Crippen molar-refractivity contribution in [3.63, 3.8) is 0 Å². The normalized spacial score (nSPS) is 30.5. The van der Waals surface area contributed by atoms with Crippen LogP contribution in [0.5, 0.6) is 0 Å². The van der Waals surface area contributed by atoms with Gasteiger partial charge in [0.25, 0.3) is 0 Å². The predicted molar refractivity (Wildman–Crippen MR) is 62.6 cm³/mol. The van der Waals surface area contributed by atoms with E-state index in [1.807, 2.05) is 6.92 Å². The van der Waals surface area contributed by atoms with Crippen LogP contribution in [0.2, 0.25) is 0 Å². The van der Waals surface area contributed by atoms with Crippen molar-refractivity contribution in [2.24, 2.45) is 5.92 Å². The van der Waals surface area contributed by atoms with Crippen LogP contribution in [0, 0.1) is 5.92 Å². The molecule has 2 nitrogen and oxygen atoms in total. The molecule has 0 heterocycles. The molecule has 0 aromatic rings. The summed E-state index contributed by atoms with van der Waals surface area (Å²) < 4.78 is 0. The molecule has 3 unspecified atom stereocenters. The molecule has 1 rings (SSSR count). The lowest BCUT2D eigenvalue weighted by Gasteiger charge is -2.17. The molecule has 82 valence electrons. The van der Waals surface area contributed by atoms with Gasteiger partial charge in [0.15, 0.2) is 0 Å². The van der Waals surface area contributed by atoms with Gasteiger partial charge in [0.05, 0.1) is 5.25 Å². The Morgan fingerprint density at radius 2 is 2.07 bits per heavy atom. The summed E-state index contributed by atoms with van der Waals surface area (Å²) in [5.41, 5.74) is 0. The molecule has 0 aliphatic heterocycles. The molecule has 1 aliphatic rings. The number of amides is 1. The molecule has 0 radical (unpaired) electrons. The number of hydrogen-bond donors (Lipinski definition) is 2. The van der Waals surface area contributed by atoms with Crippen molar-refractivity contribution >= 4 is 18.5 Å². The second-order valence-corrected chi connectivity index (χ2v) is 5.27. The zero-order valence-electron chi connectivity index (χ0n) is 9.12. The van der Waals surface area contributed by atoms with E-state index < -0.39 is 0 Å². The fourth-order valence-electron chi connectivity index (χ4n) is 1.95. The third-order valence-corrected chi connectivity index (χ3v) is 3.22. The molecule has 1 saturated carbocycles. The molecular weight excluding hydrogens is 194 g/mol.